The van der Waals surface area contributed by atoms with E-state index >= 15 is 0 Å². The Kier molecular flexibility index (Phi) is 9.94. The zero-order valence-corrected chi connectivity index (χ0v) is 9.09. The van der Waals surface area contributed by atoms with Gasteiger partial charge in [0.2, 0.25) is 0 Å². The highest BCUT2D eigenvalue weighted by atomic mass is 17.1. The molecule has 0 spiro atoms. The lowest BCUT2D eigenvalue weighted by Gasteiger charge is -2.06. The van der Waals surface area contributed by atoms with Crippen LogP contribution in [0.4, 0.5) is 0 Å². The summed E-state index contributed by atoms with van der Waals surface area (Å²) in [5.41, 5.74) is 0. The molecule has 0 saturated heterocycles. The zero-order valence-electron chi connectivity index (χ0n) is 9.09. The predicted octanol–water partition coefficient (Wildman–Crippen LogP) is 4.01. The molecule has 0 aliphatic carbocycles. The van der Waals surface area contributed by atoms with Crippen molar-refractivity contribution in [3.05, 3.63) is 0 Å². The molecule has 0 rings (SSSR count). The van der Waals surface area contributed by atoms with Crippen LogP contribution in [0.25, 0.3) is 0 Å². The molecule has 2 nitrogen and oxygen atoms in total. The van der Waals surface area contributed by atoms with Gasteiger partial charge in [-0.05, 0) is 13.3 Å². The van der Waals surface area contributed by atoms with Crippen LogP contribution in [0, 0.1) is 0 Å². The molecule has 0 amide bonds. The van der Waals surface area contributed by atoms with Crippen molar-refractivity contribution in [2.45, 2.75) is 71.3 Å². The van der Waals surface area contributed by atoms with Gasteiger partial charge in [-0.2, -0.15) is 0 Å². The van der Waals surface area contributed by atoms with Crippen molar-refractivity contribution in [2.75, 3.05) is 0 Å². The van der Waals surface area contributed by atoms with Gasteiger partial charge in [-0.15, -0.1) is 0 Å². The molecular weight excluding hydrogens is 164 g/mol. The minimum Gasteiger partial charge on any atom is -0.252 e. The lowest BCUT2D eigenvalue weighted by molar-refractivity contribution is -0.275. The van der Waals surface area contributed by atoms with Crippen molar-refractivity contribution < 1.29 is 10.1 Å². The highest BCUT2D eigenvalue weighted by Crippen LogP contribution is 2.10. The summed E-state index contributed by atoms with van der Waals surface area (Å²) in [6, 6.07) is 0. The van der Waals surface area contributed by atoms with Crippen LogP contribution in [0.15, 0.2) is 0 Å². The first kappa shape index (κ1) is 12.9. The molecule has 0 aromatic rings. The molecule has 0 aliphatic rings. The van der Waals surface area contributed by atoms with Crippen LogP contribution in [-0.4, -0.2) is 11.4 Å². The Morgan fingerprint density at radius 3 is 2.08 bits per heavy atom. The summed E-state index contributed by atoms with van der Waals surface area (Å²) in [6.07, 6.45) is 10.2. The molecule has 0 aliphatic heterocycles. The summed E-state index contributed by atoms with van der Waals surface area (Å²) in [7, 11) is 0. The third-order valence-electron chi connectivity index (χ3n) is 2.39. The Balaban J connectivity index is 2.91. The molecule has 0 bridgehead atoms. The van der Waals surface area contributed by atoms with Gasteiger partial charge >= 0.3 is 0 Å². The summed E-state index contributed by atoms with van der Waals surface area (Å²) in [6.45, 7) is 4.14. The Hall–Kier alpha value is -0.0800. The Labute approximate surface area is 82.2 Å². The fourth-order valence-corrected chi connectivity index (χ4v) is 1.44. The van der Waals surface area contributed by atoms with E-state index in [1.165, 1.54) is 44.9 Å². The van der Waals surface area contributed by atoms with Gasteiger partial charge in [-0.25, -0.2) is 4.89 Å². The summed E-state index contributed by atoms with van der Waals surface area (Å²) >= 11 is 0. The van der Waals surface area contributed by atoms with Gasteiger partial charge in [0.1, 0.15) is 0 Å². The molecule has 80 valence electrons. The Morgan fingerprint density at radius 1 is 1.00 bits per heavy atom. The first-order valence-corrected chi connectivity index (χ1v) is 5.61. The molecule has 0 aromatic carbocycles. The van der Waals surface area contributed by atoms with Crippen LogP contribution in [0.2, 0.25) is 0 Å². The van der Waals surface area contributed by atoms with Gasteiger partial charge in [0.15, 0.2) is 0 Å². The lowest BCUT2D eigenvalue weighted by atomic mass is 10.1. The Bertz CT molecular complexity index is 94.1. The van der Waals surface area contributed by atoms with Gasteiger partial charge in [-0.1, -0.05) is 51.9 Å². The van der Waals surface area contributed by atoms with Gasteiger partial charge in [0.05, 0.1) is 6.10 Å². The number of hydrogen-bond acceptors (Lipinski definition) is 2. The van der Waals surface area contributed by atoms with Crippen LogP contribution in [-0.2, 0) is 4.89 Å². The normalized spacial score (nSPS) is 13.2. The van der Waals surface area contributed by atoms with E-state index in [1.54, 1.807) is 0 Å². The van der Waals surface area contributed by atoms with Gasteiger partial charge in [-0.3, -0.25) is 5.26 Å². The molecule has 1 N–H and O–H groups in total. The number of hydrogen-bond donors (Lipinski definition) is 1. The van der Waals surface area contributed by atoms with Crippen LogP contribution < -0.4 is 0 Å². The average Bonchev–Trinajstić information content (AvgIpc) is 2.16. The smallest absolute Gasteiger partial charge is 0.0899 e. The molecule has 0 heterocycles. The van der Waals surface area contributed by atoms with Crippen molar-refractivity contribution in [3.63, 3.8) is 0 Å². The second kappa shape index (κ2) is 10.0. The van der Waals surface area contributed by atoms with Crippen molar-refractivity contribution in [2.24, 2.45) is 0 Å². The fourth-order valence-electron chi connectivity index (χ4n) is 1.44. The first-order valence-electron chi connectivity index (χ1n) is 5.61. The van der Waals surface area contributed by atoms with Gasteiger partial charge in [0.25, 0.3) is 0 Å². The summed E-state index contributed by atoms with van der Waals surface area (Å²) < 4.78 is 0. The largest absolute Gasteiger partial charge is 0.252 e. The highest BCUT2D eigenvalue weighted by molar-refractivity contribution is 4.50. The first-order chi connectivity index (χ1) is 6.31. The minimum absolute atomic E-state index is 0.00985. The van der Waals surface area contributed by atoms with Crippen molar-refractivity contribution in [1.82, 2.24) is 0 Å². The number of rotatable bonds is 9. The molecule has 0 radical (unpaired) electrons. The summed E-state index contributed by atoms with van der Waals surface area (Å²) in [5.74, 6) is 0. The monoisotopic (exact) mass is 188 g/mol. The topological polar surface area (TPSA) is 29.5 Å². The second-order valence-corrected chi connectivity index (χ2v) is 3.83. The van der Waals surface area contributed by atoms with Crippen molar-refractivity contribution >= 4 is 0 Å². The third kappa shape index (κ3) is 9.84. The Morgan fingerprint density at radius 2 is 1.54 bits per heavy atom. The van der Waals surface area contributed by atoms with E-state index in [-0.39, 0.29) is 6.10 Å². The van der Waals surface area contributed by atoms with Crippen LogP contribution in [0.1, 0.15) is 65.2 Å². The van der Waals surface area contributed by atoms with E-state index in [0.29, 0.717) is 0 Å². The maximum Gasteiger partial charge on any atom is 0.0899 e. The number of unbranched alkanes of at least 4 members (excludes halogenated alkanes) is 6. The predicted molar refractivity (Wildman–Crippen MR) is 55.8 cm³/mol. The van der Waals surface area contributed by atoms with Crippen LogP contribution in [0.3, 0.4) is 0 Å². The lowest BCUT2D eigenvalue weighted by Crippen LogP contribution is -2.04. The van der Waals surface area contributed by atoms with E-state index in [0.717, 1.165) is 6.42 Å². The maximum atomic E-state index is 8.31. The molecular formula is C11H24O2. The standard InChI is InChI=1S/C11H24O2/c1-3-4-5-6-7-8-9-10-11(2)13-12/h11-12H,3-10H2,1-2H3. The quantitative estimate of drug-likeness (QED) is 0.336. The van der Waals surface area contributed by atoms with Crippen LogP contribution >= 0.6 is 0 Å². The molecule has 13 heavy (non-hydrogen) atoms. The van der Waals surface area contributed by atoms with Gasteiger partial charge < -0.3 is 0 Å². The molecule has 0 saturated carbocycles. The molecule has 1 atom stereocenters. The van der Waals surface area contributed by atoms with Crippen molar-refractivity contribution in [1.29, 1.82) is 0 Å². The molecule has 0 aromatic heterocycles. The maximum absolute atomic E-state index is 8.31. The van der Waals surface area contributed by atoms with E-state index < -0.39 is 0 Å². The highest BCUT2D eigenvalue weighted by Gasteiger charge is 1.99. The third-order valence-corrected chi connectivity index (χ3v) is 2.39. The molecule has 2 heteroatoms. The molecule has 1 unspecified atom stereocenters. The van der Waals surface area contributed by atoms with E-state index in [9.17, 15) is 0 Å². The van der Waals surface area contributed by atoms with Crippen LogP contribution in [0.5, 0.6) is 0 Å². The van der Waals surface area contributed by atoms with E-state index in [2.05, 4.69) is 11.8 Å². The SMILES string of the molecule is CCCCCCCCCC(C)OO. The summed E-state index contributed by atoms with van der Waals surface area (Å²) in [5, 5.41) is 8.31. The fraction of sp³-hybridized carbons (Fsp3) is 1.00. The second-order valence-electron chi connectivity index (χ2n) is 3.83. The molecule has 0 fully saturated rings. The van der Waals surface area contributed by atoms with Crippen molar-refractivity contribution in [3.8, 4) is 0 Å². The minimum atomic E-state index is 0.00985. The van der Waals surface area contributed by atoms with Gasteiger partial charge in [0, 0.05) is 0 Å². The van der Waals surface area contributed by atoms with E-state index in [4.69, 9.17) is 5.26 Å². The average molecular weight is 188 g/mol. The zero-order chi connectivity index (χ0) is 9.94. The summed E-state index contributed by atoms with van der Waals surface area (Å²) in [4.78, 5) is 4.20. The van der Waals surface area contributed by atoms with E-state index in [1.807, 2.05) is 6.92 Å².